The minimum Gasteiger partial charge on any atom is -0.385 e. The van der Waals surface area contributed by atoms with Crippen molar-refractivity contribution in [2.24, 2.45) is 0 Å². The second kappa shape index (κ2) is 4.35. The van der Waals surface area contributed by atoms with Crippen molar-refractivity contribution >= 4 is 7.52 Å². The molecule has 1 rings (SSSR count). The Kier molecular flexibility index (Phi) is 3.68. The highest BCUT2D eigenvalue weighted by Crippen LogP contribution is 2.48. The maximum absolute atomic E-state index is 11.7. The number of hydrogen-bond acceptors (Lipinski definition) is 4. The third-order valence-electron chi connectivity index (χ3n) is 1.88. The molecule has 1 heterocycles. The van der Waals surface area contributed by atoms with Crippen LogP contribution in [-0.4, -0.2) is 49.5 Å². The van der Waals surface area contributed by atoms with Crippen molar-refractivity contribution in [1.82, 2.24) is 4.67 Å². The van der Waals surface area contributed by atoms with Crippen LogP contribution in [0.2, 0.25) is 0 Å². The predicted octanol–water partition coefficient (Wildman–Crippen LogP) is 0.108. The monoisotopic (exact) mass is 195 g/mol. The lowest BCUT2D eigenvalue weighted by Gasteiger charge is -2.31. The van der Waals surface area contributed by atoms with E-state index in [-0.39, 0.29) is 0 Å². The van der Waals surface area contributed by atoms with Crippen molar-refractivity contribution < 1.29 is 18.9 Å². The molecule has 0 bridgehead atoms. The molecule has 0 aromatic rings. The lowest BCUT2D eigenvalue weighted by atomic mass is 10.5. The van der Waals surface area contributed by atoms with Crippen LogP contribution in [0, 0.1) is 0 Å². The highest BCUT2D eigenvalue weighted by molar-refractivity contribution is 7.56. The second-order valence-electron chi connectivity index (χ2n) is 2.53. The first-order valence-electron chi connectivity index (χ1n) is 3.82. The van der Waals surface area contributed by atoms with E-state index in [9.17, 15) is 4.57 Å². The second-order valence-corrected chi connectivity index (χ2v) is 5.02. The fraction of sp³-hybridized carbons (Fsp3) is 1.00. The highest BCUT2D eigenvalue weighted by Gasteiger charge is 2.30. The molecule has 1 N–H and O–H groups in total. The summed E-state index contributed by atoms with van der Waals surface area (Å²) in [5.74, 6) is 0. The zero-order valence-corrected chi connectivity index (χ0v) is 8.00. The number of hydrogen-bond donors (Lipinski definition) is 1. The summed E-state index contributed by atoms with van der Waals surface area (Å²) in [7, 11) is -1.59. The van der Waals surface area contributed by atoms with Gasteiger partial charge in [-0.2, -0.15) is 0 Å². The Morgan fingerprint density at radius 3 is 2.58 bits per heavy atom. The topological polar surface area (TPSA) is 59.0 Å². The lowest BCUT2D eigenvalue weighted by Crippen LogP contribution is -2.34. The van der Waals surface area contributed by atoms with Crippen LogP contribution in [0.1, 0.15) is 0 Å². The third kappa shape index (κ3) is 2.06. The normalized spacial score (nSPS) is 25.2. The van der Waals surface area contributed by atoms with Gasteiger partial charge in [0.2, 0.25) is 0 Å². The van der Waals surface area contributed by atoms with Crippen LogP contribution in [-0.2, 0) is 13.8 Å². The fourth-order valence-corrected chi connectivity index (χ4v) is 2.42. The predicted molar refractivity (Wildman–Crippen MR) is 44.1 cm³/mol. The summed E-state index contributed by atoms with van der Waals surface area (Å²) in [6, 6.07) is 0. The van der Waals surface area contributed by atoms with Gasteiger partial charge in [-0.05, 0) is 0 Å². The van der Waals surface area contributed by atoms with Gasteiger partial charge in [-0.15, -0.1) is 0 Å². The van der Waals surface area contributed by atoms with Gasteiger partial charge in [0.05, 0.1) is 13.2 Å². The van der Waals surface area contributed by atoms with Gasteiger partial charge in [0.15, 0.2) is 0 Å². The van der Waals surface area contributed by atoms with Crippen molar-refractivity contribution in [2.75, 3.05) is 39.8 Å². The molecule has 0 spiro atoms. The Hall–Kier alpha value is 0.0700. The van der Waals surface area contributed by atoms with Gasteiger partial charge >= 0.3 is 0 Å². The molecule has 72 valence electrons. The van der Waals surface area contributed by atoms with Gasteiger partial charge in [-0.25, -0.2) is 4.67 Å². The fourth-order valence-electron chi connectivity index (χ4n) is 1.12. The maximum atomic E-state index is 11.7. The first-order chi connectivity index (χ1) is 5.73. The average molecular weight is 195 g/mol. The van der Waals surface area contributed by atoms with Gasteiger partial charge in [0.1, 0.15) is 6.35 Å². The van der Waals surface area contributed by atoms with Crippen molar-refractivity contribution in [1.29, 1.82) is 0 Å². The first kappa shape index (κ1) is 10.2. The summed E-state index contributed by atoms with van der Waals surface area (Å²) in [5, 5.41) is 8.87. The van der Waals surface area contributed by atoms with Crippen molar-refractivity contribution in [3.8, 4) is 0 Å². The number of aliphatic hydroxyl groups is 1. The molecule has 1 unspecified atom stereocenters. The molecule has 0 aromatic carbocycles. The zero-order chi connectivity index (χ0) is 9.03. The van der Waals surface area contributed by atoms with E-state index in [1.54, 1.807) is 4.67 Å². The molecule has 1 atom stereocenters. The summed E-state index contributed by atoms with van der Waals surface area (Å²) < 4.78 is 23.2. The molecule has 5 nitrogen and oxygen atoms in total. The molecule has 12 heavy (non-hydrogen) atoms. The van der Waals surface area contributed by atoms with E-state index in [1.807, 2.05) is 0 Å². The first-order valence-corrected chi connectivity index (χ1v) is 5.58. The maximum Gasteiger partial charge on any atom is 0.297 e. The number of morpholine rings is 1. The van der Waals surface area contributed by atoms with Crippen molar-refractivity contribution in [3.05, 3.63) is 0 Å². The number of ether oxygens (including phenoxy) is 1. The smallest absolute Gasteiger partial charge is 0.297 e. The standard InChI is InChI=1S/C6H14NO4P/c1-10-12(9,6-8)7-2-4-11-5-3-7/h8H,2-6H2,1H3. The molecule has 0 amide bonds. The summed E-state index contributed by atoms with van der Waals surface area (Å²) in [6.07, 6.45) is -0.427. The van der Waals surface area contributed by atoms with E-state index in [2.05, 4.69) is 0 Å². The van der Waals surface area contributed by atoms with Gasteiger partial charge in [-0.3, -0.25) is 4.57 Å². The molecule has 0 radical (unpaired) electrons. The van der Waals surface area contributed by atoms with Crippen LogP contribution >= 0.6 is 7.52 Å². The Bertz CT molecular complexity index is 172. The van der Waals surface area contributed by atoms with Crippen LogP contribution in [0.5, 0.6) is 0 Å². The van der Waals surface area contributed by atoms with Gasteiger partial charge in [0, 0.05) is 20.2 Å². The summed E-state index contributed by atoms with van der Waals surface area (Å²) >= 11 is 0. The Morgan fingerprint density at radius 1 is 1.58 bits per heavy atom. The molecule has 0 saturated carbocycles. The van der Waals surface area contributed by atoms with E-state index in [0.29, 0.717) is 26.3 Å². The molecule has 0 aromatic heterocycles. The van der Waals surface area contributed by atoms with Crippen molar-refractivity contribution in [3.63, 3.8) is 0 Å². The van der Waals surface area contributed by atoms with E-state index in [1.165, 1.54) is 7.11 Å². The molecular formula is C6H14NO4P. The summed E-state index contributed by atoms with van der Waals surface area (Å²) in [4.78, 5) is 0. The van der Waals surface area contributed by atoms with Crippen LogP contribution in [0.15, 0.2) is 0 Å². The van der Waals surface area contributed by atoms with Gasteiger partial charge in [0.25, 0.3) is 7.52 Å². The summed E-state index contributed by atoms with van der Waals surface area (Å²) in [6.45, 7) is 2.22. The van der Waals surface area contributed by atoms with E-state index >= 15 is 0 Å². The molecule has 1 aliphatic heterocycles. The number of rotatable bonds is 3. The lowest BCUT2D eigenvalue weighted by molar-refractivity contribution is 0.0642. The Morgan fingerprint density at radius 2 is 2.17 bits per heavy atom. The van der Waals surface area contributed by atoms with Crippen molar-refractivity contribution in [2.45, 2.75) is 0 Å². The van der Waals surface area contributed by atoms with Crippen LogP contribution < -0.4 is 0 Å². The average Bonchev–Trinajstić information content (AvgIpc) is 2.18. The molecule has 6 heteroatoms. The SMILES string of the molecule is COP(=O)(CO)N1CCOCC1. The van der Waals surface area contributed by atoms with Gasteiger partial charge < -0.3 is 14.4 Å². The molecule has 1 fully saturated rings. The minimum absolute atomic E-state index is 0.427. The zero-order valence-electron chi connectivity index (χ0n) is 7.10. The van der Waals surface area contributed by atoms with E-state index < -0.39 is 13.9 Å². The van der Waals surface area contributed by atoms with Crippen LogP contribution in [0.4, 0.5) is 0 Å². The van der Waals surface area contributed by atoms with E-state index in [4.69, 9.17) is 14.4 Å². The van der Waals surface area contributed by atoms with Gasteiger partial charge in [-0.1, -0.05) is 0 Å². The molecule has 1 saturated heterocycles. The molecule has 0 aliphatic carbocycles. The highest BCUT2D eigenvalue weighted by atomic mass is 31.2. The number of nitrogens with zero attached hydrogens (tertiary/aromatic N) is 1. The van der Waals surface area contributed by atoms with E-state index in [0.717, 1.165) is 0 Å². The molecule has 1 aliphatic rings. The third-order valence-corrected chi connectivity index (χ3v) is 4.07. The summed E-state index contributed by atoms with van der Waals surface area (Å²) in [5.41, 5.74) is 0. The van der Waals surface area contributed by atoms with Crippen LogP contribution in [0.3, 0.4) is 0 Å². The number of aliphatic hydroxyl groups excluding tert-OH is 1. The van der Waals surface area contributed by atoms with Crippen LogP contribution in [0.25, 0.3) is 0 Å². The largest absolute Gasteiger partial charge is 0.385 e. The Labute approximate surface area is 71.8 Å². The minimum atomic E-state index is -2.95. The Balaban J connectivity index is 2.58. The molecular weight excluding hydrogens is 181 g/mol. The quantitative estimate of drug-likeness (QED) is 0.647.